The van der Waals surface area contributed by atoms with Gasteiger partial charge < -0.3 is 14.8 Å². The Labute approximate surface area is 237 Å². The molecule has 1 aliphatic heterocycles. The fraction of sp³-hybridized carbons (Fsp3) is 0.207. The highest BCUT2D eigenvalue weighted by molar-refractivity contribution is 8.27. The van der Waals surface area contributed by atoms with Crippen LogP contribution in [0.2, 0.25) is 5.02 Å². The number of nitrogens with one attached hydrogen (secondary N) is 1. The fourth-order valence-electron chi connectivity index (χ4n) is 3.77. The summed E-state index contributed by atoms with van der Waals surface area (Å²) in [6, 6.07) is 16.4. The molecule has 0 aliphatic carbocycles. The summed E-state index contributed by atoms with van der Waals surface area (Å²) in [5.41, 5.74) is 5.27. The zero-order valence-electron chi connectivity index (χ0n) is 21.5. The molecule has 0 unspecified atom stereocenters. The number of ether oxygens (including phenoxy) is 2. The number of thioether (sulfide) groups is 1. The van der Waals surface area contributed by atoms with Crippen molar-refractivity contribution in [1.82, 2.24) is 0 Å². The Kier molecular flexibility index (Phi) is 8.76. The Balaban J connectivity index is 1.49. The summed E-state index contributed by atoms with van der Waals surface area (Å²) in [4.78, 5) is 27.8. The van der Waals surface area contributed by atoms with Crippen molar-refractivity contribution < 1.29 is 19.1 Å². The summed E-state index contributed by atoms with van der Waals surface area (Å²) in [5.74, 6) is 0.397. The quantitative estimate of drug-likeness (QED) is 0.232. The zero-order valence-corrected chi connectivity index (χ0v) is 23.9. The van der Waals surface area contributed by atoms with Crippen LogP contribution in [0.15, 0.2) is 59.5 Å². The first-order chi connectivity index (χ1) is 18.2. The van der Waals surface area contributed by atoms with Gasteiger partial charge in [0.1, 0.15) is 0 Å². The maximum atomic E-state index is 13.2. The molecule has 38 heavy (non-hydrogen) atoms. The summed E-state index contributed by atoms with van der Waals surface area (Å²) in [6.07, 6.45) is 1.78. The van der Waals surface area contributed by atoms with E-state index in [-0.39, 0.29) is 18.4 Å². The molecule has 6 nitrogen and oxygen atoms in total. The lowest BCUT2D eigenvalue weighted by Gasteiger charge is -2.16. The fourth-order valence-corrected chi connectivity index (χ4v) is 5.24. The highest BCUT2D eigenvalue weighted by Crippen LogP contribution is 2.38. The number of halogens is 1. The number of benzene rings is 3. The third-order valence-electron chi connectivity index (χ3n) is 5.94. The lowest BCUT2D eigenvalue weighted by Crippen LogP contribution is -2.27. The van der Waals surface area contributed by atoms with E-state index < -0.39 is 0 Å². The van der Waals surface area contributed by atoms with E-state index in [1.54, 1.807) is 41.3 Å². The van der Waals surface area contributed by atoms with Gasteiger partial charge in [0.2, 0.25) is 0 Å². The number of amides is 2. The highest BCUT2D eigenvalue weighted by Gasteiger charge is 2.33. The van der Waals surface area contributed by atoms with Crippen molar-refractivity contribution in [1.29, 1.82) is 0 Å². The van der Waals surface area contributed by atoms with E-state index in [1.807, 2.05) is 52.0 Å². The van der Waals surface area contributed by atoms with Gasteiger partial charge in [-0.3, -0.25) is 14.5 Å². The molecule has 196 valence electrons. The number of thiocarbonyl (C=S) groups is 1. The minimum Gasteiger partial charge on any atom is -0.490 e. The molecular formula is C29H27ClN2O4S2. The van der Waals surface area contributed by atoms with Gasteiger partial charge in [0.15, 0.2) is 22.4 Å². The smallest absolute Gasteiger partial charge is 0.270 e. The van der Waals surface area contributed by atoms with Crippen LogP contribution >= 0.6 is 35.6 Å². The number of carbonyl (C=O) groups is 2. The molecule has 2 amide bonds. The first-order valence-electron chi connectivity index (χ1n) is 12.0. The maximum absolute atomic E-state index is 13.2. The third-order valence-corrected chi connectivity index (χ3v) is 7.48. The molecule has 1 saturated heterocycles. The highest BCUT2D eigenvalue weighted by atomic mass is 35.5. The minimum absolute atomic E-state index is 0.172. The molecule has 0 aromatic heterocycles. The molecule has 1 N–H and O–H groups in total. The average Bonchev–Trinajstić information content (AvgIpc) is 3.15. The van der Waals surface area contributed by atoms with Gasteiger partial charge in [-0.1, -0.05) is 53.8 Å². The summed E-state index contributed by atoms with van der Waals surface area (Å²) in [5, 5.41) is 3.34. The second kappa shape index (κ2) is 12.0. The van der Waals surface area contributed by atoms with Crippen LogP contribution < -0.4 is 19.7 Å². The Morgan fingerprint density at radius 1 is 1.00 bits per heavy atom. The standard InChI is InChI=1S/C29H27ClN2O4S2/c1-5-35-25-13-20(8-11-24(25)36-16-27(33)31-23-15-21(30)9-6-18(23)3)14-26-28(34)32(29(37)38-26)22-10-7-17(2)19(4)12-22/h6-15H,5,16H2,1-4H3,(H,31,33)/b26-14-. The predicted octanol–water partition coefficient (Wildman–Crippen LogP) is 7.09. The van der Waals surface area contributed by atoms with E-state index >= 15 is 0 Å². The summed E-state index contributed by atoms with van der Waals surface area (Å²) in [7, 11) is 0. The van der Waals surface area contributed by atoms with Gasteiger partial charge in [0.25, 0.3) is 11.8 Å². The Hall–Kier alpha value is -3.33. The maximum Gasteiger partial charge on any atom is 0.270 e. The van der Waals surface area contributed by atoms with Crippen molar-refractivity contribution in [3.63, 3.8) is 0 Å². The van der Waals surface area contributed by atoms with Gasteiger partial charge in [0, 0.05) is 10.7 Å². The molecule has 4 rings (SSSR count). The topological polar surface area (TPSA) is 67.9 Å². The lowest BCUT2D eigenvalue weighted by molar-refractivity contribution is -0.118. The van der Waals surface area contributed by atoms with Crippen LogP contribution in [0.3, 0.4) is 0 Å². The summed E-state index contributed by atoms with van der Waals surface area (Å²) in [6.45, 7) is 7.98. The molecular weight excluding hydrogens is 540 g/mol. The predicted molar refractivity (Wildman–Crippen MR) is 159 cm³/mol. The van der Waals surface area contributed by atoms with Crippen molar-refractivity contribution in [2.24, 2.45) is 0 Å². The number of aryl methyl sites for hydroxylation is 3. The number of rotatable bonds is 8. The normalized spacial score (nSPS) is 14.2. The second-order valence-corrected chi connectivity index (χ2v) is 10.8. The molecule has 3 aromatic rings. The van der Waals surface area contributed by atoms with Crippen molar-refractivity contribution in [3.05, 3.63) is 86.8 Å². The van der Waals surface area contributed by atoms with Crippen LogP contribution in [-0.4, -0.2) is 29.3 Å². The first kappa shape index (κ1) is 27.7. The molecule has 0 spiro atoms. The van der Waals surface area contributed by atoms with Gasteiger partial charge in [0.05, 0.1) is 17.2 Å². The van der Waals surface area contributed by atoms with Crippen molar-refractivity contribution in [2.75, 3.05) is 23.4 Å². The van der Waals surface area contributed by atoms with Crippen molar-refractivity contribution in [3.8, 4) is 11.5 Å². The van der Waals surface area contributed by atoms with Crippen LogP contribution in [0, 0.1) is 20.8 Å². The van der Waals surface area contributed by atoms with Gasteiger partial charge in [-0.25, -0.2) is 0 Å². The van der Waals surface area contributed by atoms with Crippen LogP contribution in [0.5, 0.6) is 11.5 Å². The molecule has 1 fully saturated rings. The van der Waals surface area contributed by atoms with Crippen LogP contribution in [0.25, 0.3) is 6.08 Å². The Morgan fingerprint density at radius 2 is 1.76 bits per heavy atom. The van der Waals surface area contributed by atoms with Gasteiger partial charge in [-0.15, -0.1) is 0 Å². The molecule has 0 radical (unpaired) electrons. The molecule has 9 heteroatoms. The SMILES string of the molecule is CCOc1cc(/C=C2\SC(=S)N(c3ccc(C)c(C)c3)C2=O)ccc1OCC(=O)Nc1cc(Cl)ccc1C. The number of nitrogens with zero attached hydrogens (tertiary/aromatic N) is 1. The van der Waals surface area contributed by atoms with E-state index in [9.17, 15) is 9.59 Å². The summed E-state index contributed by atoms with van der Waals surface area (Å²) >= 11 is 12.8. The van der Waals surface area contributed by atoms with E-state index in [0.29, 0.717) is 38.0 Å². The third kappa shape index (κ3) is 6.38. The van der Waals surface area contributed by atoms with E-state index in [4.69, 9.17) is 33.3 Å². The molecule has 0 bridgehead atoms. The minimum atomic E-state index is -0.322. The van der Waals surface area contributed by atoms with Gasteiger partial charge in [-0.2, -0.15) is 0 Å². The number of hydrogen-bond acceptors (Lipinski definition) is 6. The van der Waals surface area contributed by atoms with Gasteiger partial charge in [-0.05, 0) is 92.4 Å². The molecule has 1 heterocycles. The molecule has 0 saturated carbocycles. The molecule has 3 aromatic carbocycles. The van der Waals surface area contributed by atoms with E-state index in [1.165, 1.54) is 11.8 Å². The Morgan fingerprint density at radius 3 is 2.50 bits per heavy atom. The number of hydrogen-bond donors (Lipinski definition) is 1. The lowest BCUT2D eigenvalue weighted by atomic mass is 10.1. The van der Waals surface area contributed by atoms with Crippen LogP contribution in [0.1, 0.15) is 29.2 Å². The zero-order chi connectivity index (χ0) is 27.4. The van der Waals surface area contributed by atoms with Crippen molar-refractivity contribution in [2.45, 2.75) is 27.7 Å². The Bertz CT molecular complexity index is 1450. The van der Waals surface area contributed by atoms with Crippen LogP contribution in [-0.2, 0) is 9.59 Å². The molecule has 0 atom stereocenters. The average molecular weight is 567 g/mol. The van der Waals surface area contributed by atoms with Crippen LogP contribution in [0.4, 0.5) is 11.4 Å². The van der Waals surface area contributed by atoms with Gasteiger partial charge >= 0.3 is 0 Å². The number of anilines is 2. The van der Waals surface area contributed by atoms with E-state index in [2.05, 4.69) is 5.32 Å². The number of carbonyl (C=O) groups excluding carboxylic acids is 2. The summed E-state index contributed by atoms with van der Waals surface area (Å²) < 4.78 is 12.0. The van der Waals surface area contributed by atoms with Crippen molar-refractivity contribution >= 4 is 69.2 Å². The monoisotopic (exact) mass is 566 g/mol. The largest absolute Gasteiger partial charge is 0.490 e. The molecule has 1 aliphatic rings. The second-order valence-electron chi connectivity index (χ2n) is 8.72. The first-order valence-corrected chi connectivity index (χ1v) is 13.6. The van der Waals surface area contributed by atoms with E-state index in [0.717, 1.165) is 27.9 Å².